The van der Waals surface area contributed by atoms with Crippen LogP contribution in [0.2, 0.25) is 0 Å². The normalized spacial score (nSPS) is 15.6. The van der Waals surface area contributed by atoms with Crippen molar-refractivity contribution in [3.8, 4) is 5.75 Å². The number of aliphatic hydroxyl groups excluding tert-OH is 2. The molecule has 1 rings (SSSR count). The van der Waals surface area contributed by atoms with Gasteiger partial charge in [-0.2, -0.15) is 23.5 Å². The lowest BCUT2D eigenvalue weighted by atomic mass is 10.00. The van der Waals surface area contributed by atoms with Crippen LogP contribution in [0.3, 0.4) is 0 Å². The van der Waals surface area contributed by atoms with Crippen LogP contribution in [0.25, 0.3) is 0 Å². The minimum atomic E-state index is -1.76. The van der Waals surface area contributed by atoms with Gasteiger partial charge in [0.15, 0.2) is 0 Å². The quantitative estimate of drug-likeness (QED) is 0.0290. The number of rotatable bonds is 59. The summed E-state index contributed by atoms with van der Waals surface area (Å²) in [4.78, 5) is 209. The predicted molar refractivity (Wildman–Crippen MR) is 444 cm³/mol. The second-order valence-electron chi connectivity index (χ2n) is 31.1. The van der Waals surface area contributed by atoms with Gasteiger partial charge in [0, 0.05) is 6.42 Å². The Kier molecular flexibility index (Phi) is 51.7. The summed E-state index contributed by atoms with van der Waals surface area (Å²) in [6.07, 6.45) is 2.62. The Morgan fingerprint density at radius 1 is 0.353 bits per heavy atom. The molecule has 0 aliphatic heterocycles. The van der Waals surface area contributed by atoms with Gasteiger partial charge in [0.2, 0.25) is 88.6 Å². The first-order valence-electron chi connectivity index (χ1n) is 40.0. The molecule has 0 aromatic heterocycles. The van der Waals surface area contributed by atoms with Gasteiger partial charge in [-0.15, -0.1) is 0 Å². The van der Waals surface area contributed by atoms with Gasteiger partial charge in [-0.1, -0.05) is 67.5 Å². The summed E-state index contributed by atoms with van der Waals surface area (Å²) in [5.74, 6) is -12.6. The van der Waals surface area contributed by atoms with Crippen LogP contribution >= 0.6 is 23.5 Å². The molecule has 0 fully saturated rings. The topological polar surface area (TPSA) is 615 Å². The fourth-order valence-electron chi connectivity index (χ4n) is 11.9. The summed E-state index contributed by atoms with van der Waals surface area (Å²) in [6.45, 7) is 19.5. The molecule has 0 aliphatic carbocycles. The minimum Gasteiger partial charge on any atom is -0.508 e. The zero-order valence-electron chi connectivity index (χ0n) is 70.1. The van der Waals surface area contributed by atoms with E-state index in [4.69, 9.17) is 28.7 Å². The SMILES string of the molecule is CSCC[C@H](NC(=O)[C@@H](NC(=O)CNC(=O)[C@H](CC(C)C)NC(=O)[C@H](CCCCN)NC(=O)[C@H](CCCCN)NC(=O)[C@H](CC(C)C)NC(=O)[C@H](CCSC)NC(=O)[C@@H](NC(=O)[C@H](CCCCN)NC(=O)[C@H](Cc1ccc(O)cc1)NC(=O)[C@H](CC(C)C)NC(=O)[C@H](C)N)[C@@H](C)O)[C@@H](C)O)C(=O)N[C@@H](C)C(=O)N[C@@H](CC(C)C)C(N)=O. The monoisotopic (exact) mass is 1680 g/mol. The molecule has 16 atom stereocenters. The molecule has 15 amide bonds. The van der Waals surface area contributed by atoms with Crippen LogP contribution in [0.4, 0.5) is 0 Å². The van der Waals surface area contributed by atoms with Gasteiger partial charge < -0.3 is 118 Å². The van der Waals surface area contributed by atoms with Crippen LogP contribution in [-0.4, -0.2) is 251 Å². The molecule has 0 spiro atoms. The lowest BCUT2D eigenvalue weighted by Crippen LogP contribution is -2.62. The molecule has 660 valence electrons. The number of hydrogen-bond donors (Lipinski definition) is 22. The number of thioether (sulfide) groups is 2. The smallest absolute Gasteiger partial charge is 0.245 e. The van der Waals surface area contributed by atoms with Crippen molar-refractivity contribution in [2.75, 3.05) is 50.2 Å². The second-order valence-corrected chi connectivity index (χ2v) is 33.0. The van der Waals surface area contributed by atoms with E-state index in [1.54, 1.807) is 40.2 Å². The van der Waals surface area contributed by atoms with Crippen LogP contribution in [0.1, 0.15) is 185 Å². The number of nitrogens with one attached hydrogen (secondary N) is 14. The van der Waals surface area contributed by atoms with E-state index in [0.29, 0.717) is 43.4 Å². The van der Waals surface area contributed by atoms with Crippen LogP contribution in [0.5, 0.6) is 5.75 Å². The Morgan fingerprint density at radius 3 is 1.02 bits per heavy atom. The molecule has 27 N–H and O–H groups in total. The number of phenolic OH excluding ortho intramolecular Hbond substituents is 1. The van der Waals surface area contributed by atoms with Crippen molar-refractivity contribution in [3.05, 3.63) is 29.8 Å². The molecule has 37 nitrogen and oxygen atoms in total. The summed E-state index contributed by atoms with van der Waals surface area (Å²) in [5, 5.41) is 68.4. The fraction of sp³-hybridized carbons (Fsp3) is 0.727. The number of carbonyl (C=O) groups is 15. The Hall–Kier alpha value is -8.47. The lowest BCUT2D eigenvalue weighted by Gasteiger charge is -2.29. The number of carbonyl (C=O) groups excluding carboxylic acids is 15. The Labute approximate surface area is 691 Å². The molecule has 0 saturated carbocycles. The number of benzene rings is 1. The van der Waals surface area contributed by atoms with Crippen molar-refractivity contribution >= 4 is 112 Å². The highest BCUT2D eigenvalue weighted by Gasteiger charge is 2.39. The van der Waals surface area contributed by atoms with E-state index < -0.39 is 192 Å². The van der Waals surface area contributed by atoms with Crippen molar-refractivity contribution in [3.63, 3.8) is 0 Å². The van der Waals surface area contributed by atoms with Crippen LogP contribution in [-0.2, 0) is 78.3 Å². The van der Waals surface area contributed by atoms with E-state index in [2.05, 4.69) is 74.4 Å². The highest BCUT2D eigenvalue weighted by molar-refractivity contribution is 7.98. The van der Waals surface area contributed by atoms with Crippen molar-refractivity contribution in [1.82, 2.24) is 74.4 Å². The number of unbranched alkanes of at least 4 members (excludes halogenated alkanes) is 3. The maximum atomic E-state index is 14.7. The van der Waals surface area contributed by atoms with E-state index in [1.807, 2.05) is 27.7 Å². The third-order valence-corrected chi connectivity index (χ3v) is 19.6. The molecule has 1 aromatic carbocycles. The van der Waals surface area contributed by atoms with Crippen molar-refractivity contribution < 1.29 is 87.2 Å². The number of hydrogen-bond acceptors (Lipinski definition) is 24. The van der Waals surface area contributed by atoms with E-state index in [0.717, 1.165) is 0 Å². The predicted octanol–water partition coefficient (Wildman–Crippen LogP) is -2.96. The molecule has 0 aliphatic rings. The molecule has 116 heavy (non-hydrogen) atoms. The Bertz CT molecular complexity index is 3280. The number of aliphatic hydroxyl groups is 2. The Balaban J connectivity index is 3.59. The lowest BCUT2D eigenvalue weighted by molar-refractivity contribution is -0.137. The fourth-order valence-corrected chi connectivity index (χ4v) is 12.9. The zero-order valence-corrected chi connectivity index (χ0v) is 71.7. The molecular formula is C77H137N19O18S2. The molecule has 39 heteroatoms. The van der Waals surface area contributed by atoms with Gasteiger partial charge in [0.05, 0.1) is 24.8 Å². The maximum absolute atomic E-state index is 14.7. The van der Waals surface area contributed by atoms with E-state index in [1.165, 1.54) is 75.5 Å². The summed E-state index contributed by atoms with van der Waals surface area (Å²) >= 11 is 2.67. The van der Waals surface area contributed by atoms with Gasteiger partial charge >= 0.3 is 0 Å². The third kappa shape index (κ3) is 42.1. The maximum Gasteiger partial charge on any atom is 0.245 e. The zero-order chi connectivity index (χ0) is 88.1. The highest BCUT2D eigenvalue weighted by Crippen LogP contribution is 2.17. The van der Waals surface area contributed by atoms with E-state index in [9.17, 15) is 87.2 Å². The summed E-state index contributed by atoms with van der Waals surface area (Å²) < 4.78 is 0. The number of phenols is 1. The first-order chi connectivity index (χ1) is 54.5. The second kappa shape index (κ2) is 56.8. The van der Waals surface area contributed by atoms with Crippen molar-refractivity contribution in [2.45, 2.75) is 283 Å². The van der Waals surface area contributed by atoms with Gasteiger partial charge in [0.1, 0.15) is 84.3 Å². The van der Waals surface area contributed by atoms with Gasteiger partial charge in [-0.25, -0.2) is 0 Å². The summed E-state index contributed by atoms with van der Waals surface area (Å²) in [7, 11) is 0. The van der Waals surface area contributed by atoms with Gasteiger partial charge in [-0.3, -0.25) is 71.9 Å². The first kappa shape index (κ1) is 106. The van der Waals surface area contributed by atoms with Gasteiger partial charge in [-0.05, 0) is 209 Å². The number of amides is 15. The number of primary amides is 1. The van der Waals surface area contributed by atoms with E-state index in [-0.39, 0.29) is 125 Å². The van der Waals surface area contributed by atoms with Gasteiger partial charge in [0.25, 0.3) is 0 Å². The van der Waals surface area contributed by atoms with Crippen molar-refractivity contribution in [2.24, 2.45) is 52.3 Å². The number of nitrogens with two attached hydrogens (primary N) is 5. The number of aromatic hydroxyl groups is 1. The summed E-state index contributed by atoms with van der Waals surface area (Å²) in [5.41, 5.74) is 29.3. The van der Waals surface area contributed by atoms with Crippen LogP contribution in [0.15, 0.2) is 24.3 Å². The minimum absolute atomic E-state index is 0.00311. The molecule has 1 aromatic rings. The van der Waals surface area contributed by atoms with Crippen molar-refractivity contribution in [1.29, 1.82) is 0 Å². The molecule has 0 saturated heterocycles. The van der Waals surface area contributed by atoms with E-state index >= 15 is 0 Å². The van der Waals surface area contributed by atoms with Crippen LogP contribution in [0, 0.1) is 23.7 Å². The Morgan fingerprint density at radius 2 is 0.655 bits per heavy atom. The molecule has 0 heterocycles. The molecule has 0 bridgehead atoms. The molecule has 0 unspecified atom stereocenters. The molecular weight excluding hydrogens is 1540 g/mol. The largest absolute Gasteiger partial charge is 0.508 e. The van der Waals surface area contributed by atoms with Crippen LogP contribution < -0.4 is 103 Å². The average molecular weight is 1680 g/mol. The highest BCUT2D eigenvalue weighted by atomic mass is 32.2. The first-order valence-corrected chi connectivity index (χ1v) is 42.8. The summed E-state index contributed by atoms with van der Waals surface area (Å²) in [6, 6.07) is -12.8. The standard InChI is InChI=1S/C77H137N19O18S2/c1-41(2)35-56(64(82)101)90-66(103)46(10)84-68(105)54(28-33-115-13)88-76(113)62(47(11)97)95-61(100)40-83-67(104)57(36-42(3)4)92-70(107)52(22-16-19-31-79)85-69(106)51(21-15-18-30-78)86-73(110)59(38-44(7)8)93-71(108)55(29-34-116-14)89-77(114)63(48(12)98)96-72(109)53(23-17-20-32-80)87-75(112)60(39-49-24-26-50(99)27-25-49)94-74(111)58(37-43(5)6)91-65(102)45(9)81/h24-27,41-48,51-60,62-63,97-99H,15-23,28-40,78-81H2,1-14H3,(H2,82,101)(H,83,104)(H,84,105)(H,85,106)(H,86,110)(H,87,112)(H,88,113)(H,89,114)(H,90,103)(H,91,102)(H,92,107)(H,93,108)(H,94,111)(H,95,100)(H,96,109)/t45-,46-,47+,48+,51-,52-,53-,54-,55-,56-,57-,58-,59-,60-,62-,63-/m0/s1. The molecule has 0 radical (unpaired) electrons. The average Bonchev–Trinajstić information content (AvgIpc) is 0.826. The third-order valence-electron chi connectivity index (χ3n) is 18.4.